The van der Waals surface area contributed by atoms with Crippen LogP contribution in [0.25, 0.3) is 5.65 Å². The molecule has 3 N–H and O–H groups in total. The third-order valence-corrected chi connectivity index (χ3v) is 2.59. The van der Waals surface area contributed by atoms with E-state index in [1.807, 2.05) is 33.0 Å². The zero-order chi connectivity index (χ0) is 14.0. The largest absolute Gasteiger partial charge is 0.354 e. The van der Waals surface area contributed by atoms with Crippen molar-refractivity contribution in [2.75, 3.05) is 6.54 Å². The van der Waals surface area contributed by atoms with Crippen LogP contribution in [0.2, 0.25) is 0 Å². The number of nitrogens with one attached hydrogen (secondary N) is 1. The molecule has 0 aliphatic heterocycles. The molecule has 0 atom stereocenters. The van der Waals surface area contributed by atoms with Crippen LogP contribution in [0.5, 0.6) is 0 Å². The predicted octanol–water partition coefficient (Wildman–Crippen LogP) is 0.434. The third kappa shape index (κ3) is 3.75. The molecule has 0 aromatic carbocycles. The highest BCUT2D eigenvalue weighted by Gasteiger charge is 2.12. The lowest BCUT2D eigenvalue weighted by Gasteiger charge is -2.18. The van der Waals surface area contributed by atoms with Gasteiger partial charge in [0.15, 0.2) is 5.65 Å². The molecule has 2 aromatic rings. The molecule has 2 aromatic heterocycles. The molecule has 0 unspecified atom stereocenters. The molecule has 102 valence electrons. The molecule has 0 saturated heterocycles. The van der Waals surface area contributed by atoms with Gasteiger partial charge in [-0.3, -0.25) is 4.79 Å². The molecule has 6 heteroatoms. The van der Waals surface area contributed by atoms with Crippen molar-refractivity contribution < 1.29 is 4.79 Å². The highest BCUT2D eigenvalue weighted by molar-refractivity contribution is 5.78. The van der Waals surface area contributed by atoms with Gasteiger partial charge in [-0.15, -0.1) is 0 Å². The van der Waals surface area contributed by atoms with E-state index in [0.29, 0.717) is 6.54 Å². The fourth-order valence-electron chi connectivity index (χ4n) is 1.70. The first-order chi connectivity index (χ1) is 8.83. The summed E-state index contributed by atoms with van der Waals surface area (Å²) in [4.78, 5) is 16.0. The maximum atomic E-state index is 11.8. The predicted molar refractivity (Wildman–Crippen MR) is 72.7 cm³/mol. The normalized spacial score (nSPS) is 11.8. The van der Waals surface area contributed by atoms with Crippen LogP contribution < -0.4 is 11.1 Å². The zero-order valence-corrected chi connectivity index (χ0v) is 11.5. The number of hydrogen-bond acceptors (Lipinski definition) is 4. The Kier molecular flexibility index (Phi) is 3.53. The van der Waals surface area contributed by atoms with Gasteiger partial charge in [-0.2, -0.15) is 5.10 Å². The zero-order valence-electron chi connectivity index (χ0n) is 11.5. The lowest BCUT2D eigenvalue weighted by Crippen LogP contribution is -2.45. The second-order valence-electron chi connectivity index (χ2n) is 5.49. The van der Waals surface area contributed by atoms with Gasteiger partial charge < -0.3 is 11.1 Å². The van der Waals surface area contributed by atoms with Crippen molar-refractivity contribution in [2.45, 2.75) is 32.7 Å². The summed E-state index contributed by atoms with van der Waals surface area (Å²) >= 11 is 0. The van der Waals surface area contributed by atoms with E-state index in [9.17, 15) is 4.79 Å². The van der Waals surface area contributed by atoms with E-state index in [2.05, 4.69) is 15.4 Å². The van der Waals surface area contributed by atoms with Crippen LogP contribution in [0.3, 0.4) is 0 Å². The highest BCUT2D eigenvalue weighted by Crippen LogP contribution is 2.05. The van der Waals surface area contributed by atoms with Crippen molar-refractivity contribution in [2.24, 2.45) is 5.73 Å². The minimum absolute atomic E-state index is 0.0662. The Morgan fingerprint density at radius 3 is 2.95 bits per heavy atom. The number of rotatable bonds is 4. The van der Waals surface area contributed by atoms with Gasteiger partial charge in [-0.05, 0) is 26.3 Å². The number of aromatic nitrogens is 3. The number of amides is 1. The summed E-state index contributed by atoms with van der Waals surface area (Å²) in [5, 5.41) is 7.07. The Morgan fingerprint density at radius 2 is 2.26 bits per heavy atom. The molecule has 0 fully saturated rings. The Hall–Kier alpha value is -1.95. The highest BCUT2D eigenvalue weighted by atomic mass is 16.1. The maximum absolute atomic E-state index is 11.8. The fraction of sp³-hybridized carbons (Fsp3) is 0.462. The Balaban J connectivity index is 2.02. The molecule has 0 saturated carbocycles. The van der Waals surface area contributed by atoms with Crippen molar-refractivity contribution >= 4 is 11.6 Å². The van der Waals surface area contributed by atoms with Crippen molar-refractivity contribution in [1.29, 1.82) is 0 Å². The van der Waals surface area contributed by atoms with E-state index in [1.54, 1.807) is 10.7 Å². The topological polar surface area (TPSA) is 85.3 Å². The lowest BCUT2D eigenvalue weighted by molar-refractivity contribution is -0.120. The monoisotopic (exact) mass is 261 g/mol. The van der Waals surface area contributed by atoms with Crippen LogP contribution in [0, 0.1) is 6.92 Å². The van der Waals surface area contributed by atoms with E-state index in [4.69, 9.17) is 5.73 Å². The number of carbonyl (C=O) groups excluding carboxylic acids is 1. The summed E-state index contributed by atoms with van der Waals surface area (Å²) in [6, 6.07) is 1.89. The van der Waals surface area contributed by atoms with Crippen molar-refractivity contribution in [3.8, 4) is 0 Å². The van der Waals surface area contributed by atoms with Gasteiger partial charge in [0, 0.05) is 30.5 Å². The second-order valence-corrected chi connectivity index (χ2v) is 5.49. The molecule has 2 heterocycles. The van der Waals surface area contributed by atoms with Crippen LogP contribution >= 0.6 is 0 Å². The SMILES string of the molecule is Cc1cc2ncc(CC(=O)NCC(C)(C)N)cn2n1. The summed E-state index contributed by atoms with van der Waals surface area (Å²) in [5.41, 5.74) is 7.91. The summed E-state index contributed by atoms with van der Waals surface area (Å²) in [5.74, 6) is -0.0662. The molecule has 0 aliphatic rings. The number of carbonyl (C=O) groups is 1. The average molecular weight is 261 g/mol. The molecule has 6 nitrogen and oxygen atoms in total. The fourth-order valence-corrected chi connectivity index (χ4v) is 1.70. The van der Waals surface area contributed by atoms with Gasteiger partial charge in [0.25, 0.3) is 0 Å². The van der Waals surface area contributed by atoms with Crippen LogP contribution in [0.15, 0.2) is 18.5 Å². The number of hydrogen-bond donors (Lipinski definition) is 2. The van der Waals surface area contributed by atoms with Gasteiger partial charge in [0.1, 0.15) is 0 Å². The Morgan fingerprint density at radius 1 is 1.53 bits per heavy atom. The minimum Gasteiger partial charge on any atom is -0.354 e. The summed E-state index contributed by atoms with van der Waals surface area (Å²) in [7, 11) is 0. The van der Waals surface area contributed by atoms with Crippen LogP contribution in [-0.2, 0) is 11.2 Å². The van der Waals surface area contributed by atoms with Crippen molar-refractivity contribution in [3.63, 3.8) is 0 Å². The van der Waals surface area contributed by atoms with Crippen molar-refractivity contribution in [1.82, 2.24) is 19.9 Å². The van der Waals surface area contributed by atoms with Gasteiger partial charge in [0.05, 0.1) is 12.1 Å². The molecule has 0 spiro atoms. The molecule has 19 heavy (non-hydrogen) atoms. The summed E-state index contributed by atoms with van der Waals surface area (Å²) in [6.07, 6.45) is 3.80. The van der Waals surface area contributed by atoms with E-state index in [1.165, 1.54) is 0 Å². The molecular weight excluding hydrogens is 242 g/mol. The smallest absolute Gasteiger partial charge is 0.224 e. The van der Waals surface area contributed by atoms with E-state index in [0.717, 1.165) is 16.9 Å². The van der Waals surface area contributed by atoms with Crippen LogP contribution in [0.1, 0.15) is 25.1 Å². The molecule has 2 rings (SSSR count). The Bertz CT molecular complexity index is 597. The quantitative estimate of drug-likeness (QED) is 0.836. The van der Waals surface area contributed by atoms with Gasteiger partial charge in [-0.25, -0.2) is 9.50 Å². The number of fused-ring (bicyclic) bond motifs is 1. The Labute approximate surface area is 112 Å². The maximum Gasteiger partial charge on any atom is 0.224 e. The van der Waals surface area contributed by atoms with Gasteiger partial charge >= 0.3 is 0 Å². The van der Waals surface area contributed by atoms with Crippen LogP contribution in [0.4, 0.5) is 0 Å². The second kappa shape index (κ2) is 4.97. The average Bonchev–Trinajstić information content (AvgIpc) is 2.65. The number of nitrogens with zero attached hydrogens (tertiary/aromatic N) is 3. The number of aryl methyl sites for hydroxylation is 1. The molecular formula is C13H19N5O. The van der Waals surface area contributed by atoms with Gasteiger partial charge in [0.2, 0.25) is 5.91 Å². The first kappa shape index (κ1) is 13.5. The lowest BCUT2D eigenvalue weighted by atomic mass is 10.1. The standard InChI is InChI=1S/C13H19N5O/c1-9-4-11-15-6-10(7-18(11)17-9)5-12(19)16-8-13(2,3)14/h4,6-7H,5,8,14H2,1-3H3,(H,16,19). The first-order valence-electron chi connectivity index (χ1n) is 6.20. The third-order valence-electron chi connectivity index (χ3n) is 2.59. The van der Waals surface area contributed by atoms with Gasteiger partial charge in [-0.1, -0.05) is 0 Å². The molecule has 0 radical (unpaired) electrons. The number of nitrogens with two attached hydrogens (primary N) is 1. The summed E-state index contributed by atoms with van der Waals surface area (Å²) < 4.78 is 1.69. The summed E-state index contributed by atoms with van der Waals surface area (Å²) in [6.45, 7) is 6.09. The van der Waals surface area contributed by atoms with E-state index in [-0.39, 0.29) is 12.3 Å². The van der Waals surface area contributed by atoms with E-state index >= 15 is 0 Å². The van der Waals surface area contributed by atoms with Crippen molar-refractivity contribution in [3.05, 3.63) is 29.7 Å². The molecule has 1 amide bonds. The molecule has 0 aliphatic carbocycles. The molecule has 0 bridgehead atoms. The first-order valence-corrected chi connectivity index (χ1v) is 6.20. The van der Waals surface area contributed by atoms with E-state index < -0.39 is 5.54 Å². The van der Waals surface area contributed by atoms with Crippen LogP contribution in [-0.4, -0.2) is 32.6 Å². The minimum atomic E-state index is -0.406.